The number of methoxy groups -OCH3 is 1. The zero-order valence-electron chi connectivity index (χ0n) is 14.5. The van der Waals surface area contributed by atoms with Crippen LogP contribution in [0.2, 0.25) is 0 Å². The predicted molar refractivity (Wildman–Crippen MR) is 101 cm³/mol. The van der Waals surface area contributed by atoms with Crippen LogP contribution in [0.5, 0.6) is 5.75 Å². The molecule has 0 saturated carbocycles. The second-order valence-corrected chi connectivity index (χ2v) is 8.09. The van der Waals surface area contributed by atoms with Crippen molar-refractivity contribution >= 4 is 33.0 Å². The molecule has 0 radical (unpaired) electrons. The standard InChI is InChI=1S/C16H19FN4O3S2/c1-10-5-4-6-13(24-3)15(10)20-16(25)21-26(22,23)11(2)7-14-18-8-12(17)9-19-14/h4-6,8-9,11H,7H2,1-3H3,(H2,20,21,25). The number of sulfonamides is 1. The van der Waals surface area contributed by atoms with Crippen LogP contribution < -0.4 is 14.8 Å². The minimum absolute atomic E-state index is 0.0198. The van der Waals surface area contributed by atoms with Gasteiger partial charge in [-0.1, -0.05) is 12.1 Å². The first-order valence-corrected chi connectivity index (χ1v) is 9.61. The Morgan fingerprint density at radius 2 is 2.00 bits per heavy atom. The van der Waals surface area contributed by atoms with Crippen molar-refractivity contribution < 1.29 is 17.5 Å². The highest BCUT2D eigenvalue weighted by Crippen LogP contribution is 2.27. The summed E-state index contributed by atoms with van der Waals surface area (Å²) in [5, 5.41) is 1.90. The van der Waals surface area contributed by atoms with E-state index in [-0.39, 0.29) is 17.4 Å². The van der Waals surface area contributed by atoms with Crippen LogP contribution in [-0.4, -0.2) is 35.9 Å². The molecule has 1 unspecified atom stereocenters. The molecule has 1 aromatic carbocycles. The molecule has 2 N–H and O–H groups in total. The van der Waals surface area contributed by atoms with E-state index in [9.17, 15) is 12.8 Å². The minimum atomic E-state index is -3.79. The van der Waals surface area contributed by atoms with Crippen molar-refractivity contribution in [3.05, 3.63) is 47.8 Å². The molecule has 10 heteroatoms. The van der Waals surface area contributed by atoms with Crippen molar-refractivity contribution in [2.75, 3.05) is 12.4 Å². The lowest BCUT2D eigenvalue weighted by atomic mass is 10.2. The lowest BCUT2D eigenvalue weighted by Crippen LogP contribution is -2.40. The minimum Gasteiger partial charge on any atom is -0.495 e. The molecule has 0 bridgehead atoms. The average Bonchev–Trinajstić information content (AvgIpc) is 2.58. The summed E-state index contributed by atoms with van der Waals surface area (Å²) in [5.74, 6) is 0.183. The van der Waals surface area contributed by atoms with Crippen LogP contribution in [0.4, 0.5) is 10.1 Å². The van der Waals surface area contributed by atoms with E-state index in [0.717, 1.165) is 18.0 Å². The van der Waals surface area contributed by atoms with Crippen LogP contribution in [0.3, 0.4) is 0 Å². The van der Waals surface area contributed by atoms with Gasteiger partial charge in [0, 0.05) is 6.42 Å². The van der Waals surface area contributed by atoms with Crippen molar-refractivity contribution in [2.24, 2.45) is 0 Å². The Bertz CT molecular complexity index is 889. The van der Waals surface area contributed by atoms with Gasteiger partial charge in [0.05, 0.1) is 30.4 Å². The molecular formula is C16H19FN4O3S2. The zero-order valence-corrected chi connectivity index (χ0v) is 16.1. The molecule has 2 rings (SSSR count). The van der Waals surface area contributed by atoms with Crippen molar-refractivity contribution in [2.45, 2.75) is 25.5 Å². The number of aromatic nitrogens is 2. The number of benzene rings is 1. The summed E-state index contributed by atoms with van der Waals surface area (Å²) in [4.78, 5) is 7.54. The number of hydrogen-bond acceptors (Lipinski definition) is 6. The fourth-order valence-corrected chi connectivity index (χ4v) is 3.48. The van der Waals surface area contributed by atoms with Crippen molar-refractivity contribution in [1.29, 1.82) is 0 Å². The van der Waals surface area contributed by atoms with Gasteiger partial charge in [-0.25, -0.2) is 22.8 Å². The average molecular weight is 398 g/mol. The third kappa shape index (κ3) is 5.09. The van der Waals surface area contributed by atoms with Crippen LogP contribution in [0, 0.1) is 12.7 Å². The number of ether oxygens (including phenoxy) is 1. The van der Waals surface area contributed by atoms with Gasteiger partial charge in [0.15, 0.2) is 10.9 Å². The molecule has 7 nitrogen and oxygen atoms in total. The lowest BCUT2D eigenvalue weighted by Gasteiger charge is -2.18. The summed E-state index contributed by atoms with van der Waals surface area (Å²) in [6.07, 6.45) is 2.00. The number of nitrogens with one attached hydrogen (secondary N) is 2. The van der Waals surface area contributed by atoms with E-state index in [1.54, 1.807) is 6.07 Å². The van der Waals surface area contributed by atoms with E-state index in [4.69, 9.17) is 17.0 Å². The number of nitrogens with zero attached hydrogens (tertiary/aromatic N) is 2. The molecule has 1 atom stereocenters. The number of halogens is 1. The van der Waals surface area contributed by atoms with Crippen molar-refractivity contribution in [3.8, 4) is 5.75 Å². The molecule has 0 fully saturated rings. The Labute approximate surface area is 157 Å². The fraction of sp³-hybridized carbons (Fsp3) is 0.312. The maximum Gasteiger partial charge on any atom is 0.237 e. The number of anilines is 1. The van der Waals surface area contributed by atoms with Gasteiger partial charge in [-0.15, -0.1) is 0 Å². The quantitative estimate of drug-likeness (QED) is 0.721. The summed E-state index contributed by atoms with van der Waals surface area (Å²) in [6, 6.07) is 5.40. The van der Waals surface area contributed by atoms with Crippen LogP contribution in [0.25, 0.3) is 0 Å². The molecule has 26 heavy (non-hydrogen) atoms. The first kappa shape index (κ1) is 20.0. The number of para-hydroxylation sites is 1. The van der Waals surface area contributed by atoms with E-state index >= 15 is 0 Å². The largest absolute Gasteiger partial charge is 0.495 e. The van der Waals surface area contributed by atoms with E-state index < -0.39 is 21.1 Å². The highest BCUT2D eigenvalue weighted by Gasteiger charge is 2.23. The molecular weight excluding hydrogens is 379 g/mol. The van der Waals surface area contributed by atoms with Gasteiger partial charge in [-0.2, -0.15) is 0 Å². The van der Waals surface area contributed by atoms with Crippen LogP contribution in [-0.2, 0) is 16.4 Å². The van der Waals surface area contributed by atoms with E-state index in [1.165, 1.54) is 14.0 Å². The van der Waals surface area contributed by atoms with E-state index in [2.05, 4.69) is 20.0 Å². The maximum atomic E-state index is 12.8. The molecule has 1 aromatic heterocycles. The molecule has 0 amide bonds. The molecule has 1 heterocycles. The summed E-state index contributed by atoms with van der Waals surface area (Å²) >= 11 is 5.11. The highest BCUT2D eigenvalue weighted by atomic mass is 32.2. The Hall–Kier alpha value is -2.33. The van der Waals surface area contributed by atoms with Crippen LogP contribution in [0.15, 0.2) is 30.6 Å². The summed E-state index contributed by atoms with van der Waals surface area (Å²) in [6.45, 7) is 3.34. The SMILES string of the molecule is COc1cccc(C)c1NC(=S)NS(=O)(=O)C(C)Cc1ncc(F)cn1. The third-order valence-electron chi connectivity index (χ3n) is 3.60. The van der Waals surface area contributed by atoms with Gasteiger partial charge in [-0.05, 0) is 37.7 Å². The Kier molecular flexibility index (Phi) is 6.43. The van der Waals surface area contributed by atoms with Gasteiger partial charge in [0.1, 0.15) is 11.6 Å². The highest BCUT2D eigenvalue weighted by molar-refractivity contribution is 7.92. The van der Waals surface area contributed by atoms with Crippen LogP contribution >= 0.6 is 12.2 Å². The third-order valence-corrected chi connectivity index (χ3v) is 5.65. The summed E-state index contributed by atoms with van der Waals surface area (Å²) in [7, 11) is -2.28. The first-order valence-electron chi connectivity index (χ1n) is 7.65. The normalized spacial score (nSPS) is 12.3. The number of aryl methyl sites for hydroxylation is 1. The van der Waals surface area contributed by atoms with E-state index in [0.29, 0.717) is 11.4 Å². The predicted octanol–water partition coefficient (Wildman–Crippen LogP) is 2.18. The summed E-state index contributed by atoms with van der Waals surface area (Å²) < 4.78 is 45.3. The Morgan fingerprint density at radius 3 is 2.62 bits per heavy atom. The first-order chi connectivity index (χ1) is 12.2. The molecule has 0 aliphatic carbocycles. The van der Waals surface area contributed by atoms with Gasteiger partial charge in [0.2, 0.25) is 10.0 Å². The Morgan fingerprint density at radius 1 is 1.35 bits per heavy atom. The molecule has 0 saturated heterocycles. The van der Waals surface area contributed by atoms with Crippen molar-refractivity contribution in [3.63, 3.8) is 0 Å². The van der Waals surface area contributed by atoms with Crippen molar-refractivity contribution in [1.82, 2.24) is 14.7 Å². The fourth-order valence-electron chi connectivity index (χ4n) is 2.15. The van der Waals surface area contributed by atoms with Gasteiger partial charge in [0.25, 0.3) is 0 Å². The number of rotatable bonds is 6. The van der Waals surface area contributed by atoms with Gasteiger partial charge in [-0.3, -0.25) is 4.72 Å². The molecule has 140 valence electrons. The molecule has 0 aliphatic heterocycles. The second kappa shape index (κ2) is 8.37. The van der Waals surface area contributed by atoms with Gasteiger partial charge < -0.3 is 10.1 Å². The number of hydrogen-bond donors (Lipinski definition) is 2. The Balaban J connectivity index is 2.06. The topological polar surface area (TPSA) is 93.2 Å². The smallest absolute Gasteiger partial charge is 0.237 e. The maximum absolute atomic E-state index is 12.8. The summed E-state index contributed by atoms with van der Waals surface area (Å²) in [5.41, 5.74) is 1.43. The molecule has 0 aliphatic rings. The number of thiocarbonyl (C=S) groups is 1. The lowest BCUT2D eigenvalue weighted by molar-refractivity contribution is 0.416. The van der Waals surface area contributed by atoms with Crippen LogP contribution in [0.1, 0.15) is 18.3 Å². The van der Waals surface area contributed by atoms with E-state index in [1.807, 2.05) is 19.1 Å². The second-order valence-electron chi connectivity index (χ2n) is 5.59. The van der Waals surface area contributed by atoms with Gasteiger partial charge >= 0.3 is 0 Å². The monoisotopic (exact) mass is 398 g/mol. The molecule has 2 aromatic rings. The zero-order chi connectivity index (χ0) is 19.3. The molecule has 0 spiro atoms.